The van der Waals surface area contributed by atoms with Gasteiger partial charge in [-0.1, -0.05) is 6.92 Å². The van der Waals surface area contributed by atoms with Crippen LogP contribution in [0.2, 0.25) is 0 Å². The van der Waals surface area contributed by atoms with E-state index >= 15 is 0 Å². The van der Waals surface area contributed by atoms with Crippen molar-refractivity contribution in [2.45, 2.75) is 31.5 Å². The van der Waals surface area contributed by atoms with Gasteiger partial charge in [0.25, 0.3) is 0 Å². The summed E-state index contributed by atoms with van der Waals surface area (Å²) in [5, 5.41) is 2.61. The van der Waals surface area contributed by atoms with Crippen LogP contribution in [-0.4, -0.2) is 43.3 Å². The summed E-state index contributed by atoms with van der Waals surface area (Å²) < 4.78 is 38.5. The molecule has 1 rings (SSSR count). The molecule has 0 spiro atoms. The molecule has 0 bridgehead atoms. The Morgan fingerprint density at radius 3 is 2.14 bits per heavy atom. The van der Waals surface area contributed by atoms with Gasteiger partial charge in [0.2, 0.25) is 0 Å². The maximum absolute atomic E-state index is 12.8. The topological polar surface area (TPSA) is 15.3 Å². The van der Waals surface area contributed by atoms with Gasteiger partial charge in [-0.3, -0.25) is 0 Å². The van der Waals surface area contributed by atoms with E-state index in [0.717, 1.165) is 0 Å². The molecule has 1 heterocycles. The Bertz CT molecular complexity index is 183. The second-order valence-corrected chi connectivity index (χ2v) is 3.91. The molecule has 0 atom stereocenters. The summed E-state index contributed by atoms with van der Waals surface area (Å²) in [4.78, 5) is 1.93. The summed E-state index contributed by atoms with van der Waals surface area (Å²) >= 11 is 0. The lowest BCUT2D eigenvalue weighted by atomic mass is 9.87. The summed E-state index contributed by atoms with van der Waals surface area (Å²) in [5.41, 5.74) is -1.64. The Kier molecular flexibility index (Phi) is 3.42. The first kappa shape index (κ1) is 11.8. The number of piperidine rings is 1. The number of halogens is 3. The third-order valence-electron chi connectivity index (χ3n) is 2.90. The van der Waals surface area contributed by atoms with Crippen LogP contribution in [0.15, 0.2) is 0 Å². The Hall–Kier alpha value is -0.290. The lowest BCUT2D eigenvalue weighted by Gasteiger charge is -2.42. The van der Waals surface area contributed by atoms with Gasteiger partial charge in [0, 0.05) is 0 Å². The molecule has 5 heteroatoms. The van der Waals surface area contributed by atoms with Crippen molar-refractivity contribution in [2.75, 3.05) is 26.7 Å². The van der Waals surface area contributed by atoms with E-state index in [1.54, 1.807) is 6.92 Å². The molecule has 14 heavy (non-hydrogen) atoms. The largest absolute Gasteiger partial charge is 0.406 e. The van der Waals surface area contributed by atoms with Crippen LogP contribution in [0.25, 0.3) is 0 Å². The first-order valence-electron chi connectivity index (χ1n) is 4.91. The quantitative estimate of drug-likeness (QED) is 0.745. The van der Waals surface area contributed by atoms with E-state index in [0.29, 0.717) is 19.6 Å². The minimum Gasteiger partial charge on any atom is -0.306 e. The van der Waals surface area contributed by atoms with Gasteiger partial charge in [-0.25, -0.2) is 0 Å². The van der Waals surface area contributed by atoms with E-state index in [2.05, 4.69) is 5.32 Å². The number of likely N-dealkylation sites (tertiary alicyclic amines) is 1. The Balaban J connectivity index is 2.73. The van der Waals surface area contributed by atoms with Crippen LogP contribution in [0.4, 0.5) is 13.2 Å². The summed E-state index contributed by atoms with van der Waals surface area (Å²) in [6, 6.07) is 0. The minimum absolute atomic E-state index is 0.154. The normalized spacial score (nSPS) is 23.8. The monoisotopic (exact) mass is 210 g/mol. The van der Waals surface area contributed by atoms with Crippen molar-refractivity contribution in [3.63, 3.8) is 0 Å². The summed E-state index contributed by atoms with van der Waals surface area (Å²) in [7, 11) is 1.85. The smallest absolute Gasteiger partial charge is 0.306 e. The molecule has 0 aromatic rings. The molecule has 2 nitrogen and oxygen atoms in total. The molecule has 1 aliphatic rings. The fourth-order valence-corrected chi connectivity index (χ4v) is 1.90. The second kappa shape index (κ2) is 4.06. The molecule has 0 saturated carbocycles. The molecule has 1 aliphatic heterocycles. The molecular formula is C9H17F3N2. The van der Waals surface area contributed by atoms with Crippen molar-refractivity contribution < 1.29 is 13.2 Å². The fraction of sp³-hybridized carbons (Fsp3) is 1.00. The number of alkyl halides is 3. The van der Waals surface area contributed by atoms with Gasteiger partial charge in [0.15, 0.2) is 0 Å². The molecular weight excluding hydrogens is 193 g/mol. The summed E-state index contributed by atoms with van der Waals surface area (Å²) in [6.07, 6.45) is -3.83. The maximum Gasteiger partial charge on any atom is 0.406 e. The predicted molar refractivity (Wildman–Crippen MR) is 49.2 cm³/mol. The van der Waals surface area contributed by atoms with Crippen LogP contribution >= 0.6 is 0 Å². The van der Waals surface area contributed by atoms with Crippen molar-refractivity contribution in [3.05, 3.63) is 0 Å². The first-order chi connectivity index (χ1) is 6.41. The van der Waals surface area contributed by atoms with Gasteiger partial charge >= 0.3 is 6.18 Å². The molecule has 1 fully saturated rings. The molecule has 0 aliphatic carbocycles. The minimum atomic E-state index is -4.13. The van der Waals surface area contributed by atoms with Crippen LogP contribution in [0.3, 0.4) is 0 Å². The lowest BCUT2D eigenvalue weighted by Crippen LogP contribution is -2.61. The number of nitrogens with zero attached hydrogens (tertiary/aromatic N) is 1. The average Bonchev–Trinajstić information content (AvgIpc) is 2.07. The number of hydrogen-bond acceptors (Lipinski definition) is 2. The highest BCUT2D eigenvalue weighted by atomic mass is 19.4. The van der Waals surface area contributed by atoms with Gasteiger partial charge in [-0.2, -0.15) is 13.2 Å². The van der Waals surface area contributed by atoms with E-state index < -0.39 is 11.7 Å². The van der Waals surface area contributed by atoms with Crippen LogP contribution in [0, 0.1) is 0 Å². The van der Waals surface area contributed by atoms with E-state index in [-0.39, 0.29) is 12.8 Å². The Morgan fingerprint density at radius 2 is 1.79 bits per heavy atom. The molecule has 0 amide bonds. The van der Waals surface area contributed by atoms with Crippen molar-refractivity contribution in [1.82, 2.24) is 10.2 Å². The Morgan fingerprint density at radius 1 is 1.29 bits per heavy atom. The highest BCUT2D eigenvalue weighted by Gasteiger charge is 2.54. The van der Waals surface area contributed by atoms with Gasteiger partial charge in [-0.05, 0) is 39.5 Å². The zero-order valence-electron chi connectivity index (χ0n) is 8.62. The summed E-state index contributed by atoms with van der Waals surface area (Å²) in [6.45, 7) is 3.09. The standard InChI is InChI=1S/C9H17F3N2/c1-3-13-8(9(10,11)12)4-6-14(2)7-5-8/h13H,3-7H2,1-2H3. The van der Waals surface area contributed by atoms with Crippen LogP contribution < -0.4 is 5.32 Å². The molecule has 1 saturated heterocycles. The molecule has 0 aromatic heterocycles. The molecule has 1 N–H and O–H groups in total. The van der Waals surface area contributed by atoms with Crippen LogP contribution in [-0.2, 0) is 0 Å². The number of rotatable bonds is 2. The van der Waals surface area contributed by atoms with Crippen molar-refractivity contribution in [1.29, 1.82) is 0 Å². The first-order valence-corrected chi connectivity index (χ1v) is 4.91. The van der Waals surface area contributed by atoms with E-state index in [1.165, 1.54) is 0 Å². The third-order valence-corrected chi connectivity index (χ3v) is 2.90. The van der Waals surface area contributed by atoms with E-state index in [1.807, 2.05) is 11.9 Å². The Labute approximate surface area is 82.5 Å². The van der Waals surface area contributed by atoms with E-state index in [4.69, 9.17) is 0 Å². The van der Waals surface area contributed by atoms with Crippen molar-refractivity contribution in [2.24, 2.45) is 0 Å². The van der Waals surface area contributed by atoms with Gasteiger partial charge in [0.05, 0.1) is 0 Å². The van der Waals surface area contributed by atoms with Gasteiger partial charge < -0.3 is 10.2 Å². The fourth-order valence-electron chi connectivity index (χ4n) is 1.90. The van der Waals surface area contributed by atoms with Crippen molar-refractivity contribution in [3.8, 4) is 0 Å². The maximum atomic E-state index is 12.8. The van der Waals surface area contributed by atoms with E-state index in [9.17, 15) is 13.2 Å². The second-order valence-electron chi connectivity index (χ2n) is 3.91. The summed E-state index contributed by atoms with van der Waals surface area (Å²) in [5.74, 6) is 0. The molecule has 84 valence electrons. The zero-order chi connectivity index (χ0) is 10.8. The molecule has 0 radical (unpaired) electrons. The SMILES string of the molecule is CCNC1(C(F)(F)F)CCN(C)CC1. The molecule has 0 unspecified atom stereocenters. The zero-order valence-corrected chi connectivity index (χ0v) is 8.62. The highest BCUT2D eigenvalue weighted by Crippen LogP contribution is 2.38. The molecule has 0 aromatic carbocycles. The highest BCUT2D eigenvalue weighted by molar-refractivity contribution is 4.98. The predicted octanol–water partition coefficient (Wildman–Crippen LogP) is 1.62. The van der Waals surface area contributed by atoms with Crippen molar-refractivity contribution >= 4 is 0 Å². The van der Waals surface area contributed by atoms with Gasteiger partial charge in [0.1, 0.15) is 5.54 Å². The lowest BCUT2D eigenvalue weighted by molar-refractivity contribution is -0.207. The number of hydrogen-bond donors (Lipinski definition) is 1. The van der Waals surface area contributed by atoms with Gasteiger partial charge in [-0.15, -0.1) is 0 Å². The average molecular weight is 210 g/mol. The number of nitrogens with one attached hydrogen (secondary N) is 1. The van der Waals surface area contributed by atoms with Crippen LogP contribution in [0.1, 0.15) is 19.8 Å². The third kappa shape index (κ3) is 2.20. The van der Waals surface area contributed by atoms with Crippen LogP contribution in [0.5, 0.6) is 0 Å².